The fourth-order valence-corrected chi connectivity index (χ4v) is 1.98. The van der Waals surface area contributed by atoms with Crippen molar-refractivity contribution < 1.29 is 4.74 Å². The van der Waals surface area contributed by atoms with Gasteiger partial charge in [0.25, 0.3) is 0 Å². The Labute approximate surface area is 105 Å². The van der Waals surface area contributed by atoms with Gasteiger partial charge >= 0.3 is 0 Å². The number of para-hydroxylation sites is 1. The standard InChI is InChI=1S/C15H25NO/c1-4-5-8-13(2)16-12-11-14-9-6-7-10-15(14)17-3/h6-7,9-10,13,16H,4-5,8,11-12H2,1-3H3. The van der Waals surface area contributed by atoms with Crippen LogP contribution in [0.15, 0.2) is 24.3 Å². The molecule has 1 atom stereocenters. The molecule has 0 saturated carbocycles. The summed E-state index contributed by atoms with van der Waals surface area (Å²) in [6.07, 6.45) is 4.88. The van der Waals surface area contributed by atoms with Crippen LogP contribution in [0, 0.1) is 0 Å². The molecule has 1 N–H and O–H groups in total. The Hall–Kier alpha value is -1.02. The van der Waals surface area contributed by atoms with Gasteiger partial charge in [-0.05, 0) is 37.9 Å². The molecule has 0 heterocycles. The largest absolute Gasteiger partial charge is 0.496 e. The lowest BCUT2D eigenvalue weighted by molar-refractivity contribution is 0.408. The SMILES string of the molecule is CCCCC(C)NCCc1ccccc1OC. The fourth-order valence-electron chi connectivity index (χ4n) is 1.98. The van der Waals surface area contributed by atoms with Crippen LogP contribution < -0.4 is 10.1 Å². The molecule has 1 rings (SSSR count). The molecule has 0 aromatic heterocycles. The van der Waals surface area contributed by atoms with E-state index in [1.807, 2.05) is 12.1 Å². The molecule has 0 aliphatic heterocycles. The van der Waals surface area contributed by atoms with E-state index in [1.54, 1.807) is 7.11 Å². The molecule has 0 amide bonds. The summed E-state index contributed by atoms with van der Waals surface area (Å²) in [6.45, 7) is 5.52. The lowest BCUT2D eigenvalue weighted by Gasteiger charge is -2.14. The molecule has 17 heavy (non-hydrogen) atoms. The molecule has 2 nitrogen and oxygen atoms in total. The Morgan fingerprint density at radius 1 is 1.29 bits per heavy atom. The third-order valence-electron chi connectivity index (χ3n) is 3.07. The third-order valence-corrected chi connectivity index (χ3v) is 3.07. The lowest BCUT2D eigenvalue weighted by atomic mass is 10.1. The summed E-state index contributed by atoms with van der Waals surface area (Å²) in [6, 6.07) is 8.86. The van der Waals surface area contributed by atoms with E-state index in [1.165, 1.54) is 24.8 Å². The van der Waals surface area contributed by atoms with Crippen molar-refractivity contribution in [1.82, 2.24) is 5.32 Å². The van der Waals surface area contributed by atoms with Crippen LogP contribution in [0.5, 0.6) is 5.75 Å². The van der Waals surface area contributed by atoms with Crippen LogP contribution in [0.25, 0.3) is 0 Å². The molecule has 1 unspecified atom stereocenters. The first-order valence-corrected chi connectivity index (χ1v) is 6.63. The molecule has 0 fully saturated rings. The average Bonchev–Trinajstić information content (AvgIpc) is 2.37. The van der Waals surface area contributed by atoms with Crippen molar-refractivity contribution in [1.29, 1.82) is 0 Å². The molecular weight excluding hydrogens is 210 g/mol. The molecule has 96 valence electrons. The van der Waals surface area contributed by atoms with Crippen LogP contribution >= 0.6 is 0 Å². The highest BCUT2D eigenvalue weighted by molar-refractivity contribution is 5.33. The number of benzene rings is 1. The molecule has 1 aromatic carbocycles. The maximum Gasteiger partial charge on any atom is 0.122 e. The maximum atomic E-state index is 5.34. The van der Waals surface area contributed by atoms with Crippen LogP contribution in [-0.4, -0.2) is 19.7 Å². The predicted octanol–water partition coefficient (Wildman–Crippen LogP) is 3.41. The predicted molar refractivity (Wildman–Crippen MR) is 73.7 cm³/mol. The van der Waals surface area contributed by atoms with Crippen LogP contribution in [-0.2, 0) is 6.42 Å². The zero-order chi connectivity index (χ0) is 12.5. The van der Waals surface area contributed by atoms with E-state index in [2.05, 4.69) is 31.3 Å². The van der Waals surface area contributed by atoms with Crippen molar-refractivity contribution in [3.05, 3.63) is 29.8 Å². The lowest BCUT2D eigenvalue weighted by Crippen LogP contribution is -2.28. The minimum absolute atomic E-state index is 0.615. The van der Waals surface area contributed by atoms with Gasteiger partial charge in [0, 0.05) is 6.04 Å². The summed E-state index contributed by atoms with van der Waals surface area (Å²) < 4.78 is 5.34. The molecule has 0 saturated heterocycles. The minimum atomic E-state index is 0.615. The van der Waals surface area contributed by atoms with Crippen molar-refractivity contribution in [2.24, 2.45) is 0 Å². The van der Waals surface area contributed by atoms with E-state index in [0.717, 1.165) is 18.7 Å². The van der Waals surface area contributed by atoms with Gasteiger partial charge in [-0.15, -0.1) is 0 Å². The third kappa shape index (κ3) is 5.22. The average molecular weight is 235 g/mol. The van der Waals surface area contributed by atoms with Gasteiger partial charge in [0.2, 0.25) is 0 Å². The Balaban J connectivity index is 2.30. The van der Waals surface area contributed by atoms with E-state index >= 15 is 0 Å². The molecule has 0 bridgehead atoms. The van der Waals surface area contributed by atoms with Gasteiger partial charge in [-0.2, -0.15) is 0 Å². The van der Waals surface area contributed by atoms with Crippen LogP contribution in [0.2, 0.25) is 0 Å². The van der Waals surface area contributed by atoms with E-state index in [9.17, 15) is 0 Å². The summed E-state index contributed by atoms with van der Waals surface area (Å²) in [7, 11) is 1.73. The summed E-state index contributed by atoms with van der Waals surface area (Å²) in [5, 5.41) is 3.56. The monoisotopic (exact) mass is 235 g/mol. The molecule has 1 aromatic rings. The zero-order valence-corrected chi connectivity index (χ0v) is 11.3. The van der Waals surface area contributed by atoms with Gasteiger partial charge in [0.1, 0.15) is 5.75 Å². The Morgan fingerprint density at radius 3 is 2.76 bits per heavy atom. The summed E-state index contributed by atoms with van der Waals surface area (Å²) in [5.74, 6) is 0.996. The van der Waals surface area contributed by atoms with Gasteiger partial charge in [0.05, 0.1) is 7.11 Å². The molecule has 2 heteroatoms. The van der Waals surface area contributed by atoms with Gasteiger partial charge < -0.3 is 10.1 Å². The molecule has 0 radical (unpaired) electrons. The molecular formula is C15H25NO. The first kappa shape index (κ1) is 14.0. The Morgan fingerprint density at radius 2 is 2.06 bits per heavy atom. The van der Waals surface area contributed by atoms with E-state index in [-0.39, 0.29) is 0 Å². The second kappa shape index (κ2) is 8.13. The second-order valence-corrected chi connectivity index (χ2v) is 4.56. The fraction of sp³-hybridized carbons (Fsp3) is 0.600. The van der Waals surface area contributed by atoms with Crippen molar-refractivity contribution in [3.8, 4) is 5.75 Å². The molecule has 0 aliphatic carbocycles. The van der Waals surface area contributed by atoms with E-state index < -0.39 is 0 Å². The highest BCUT2D eigenvalue weighted by atomic mass is 16.5. The van der Waals surface area contributed by atoms with Gasteiger partial charge in [-0.3, -0.25) is 0 Å². The Bertz CT molecular complexity index is 312. The summed E-state index contributed by atoms with van der Waals surface area (Å²) in [5.41, 5.74) is 1.28. The van der Waals surface area contributed by atoms with Crippen molar-refractivity contribution in [3.63, 3.8) is 0 Å². The van der Waals surface area contributed by atoms with Gasteiger partial charge in [0.15, 0.2) is 0 Å². The Kier molecular flexibility index (Phi) is 6.71. The topological polar surface area (TPSA) is 21.3 Å². The van der Waals surface area contributed by atoms with Gasteiger partial charge in [-0.25, -0.2) is 0 Å². The van der Waals surface area contributed by atoms with E-state index in [4.69, 9.17) is 4.74 Å². The van der Waals surface area contributed by atoms with Gasteiger partial charge in [-0.1, -0.05) is 38.0 Å². The van der Waals surface area contributed by atoms with E-state index in [0.29, 0.717) is 6.04 Å². The number of nitrogens with one attached hydrogen (secondary N) is 1. The minimum Gasteiger partial charge on any atom is -0.496 e. The van der Waals surface area contributed by atoms with Crippen LogP contribution in [0.1, 0.15) is 38.7 Å². The summed E-state index contributed by atoms with van der Waals surface area (Å²) in [4.78, 5) is 0. The number of unbranched alkanes of at least 4 members (excludes halogenated alkanes) is 1. The zero-order valence-electron chi connectivity index (χ0n) is 11.3. The molecule has 0 spiro atoms. The smallest absolute Gasteiger partial charge is 0.122 e. The highest BCUT2D eigenvalue weighted by Crippen LogP contribution is 2.17. The number of rotatable bonds is 8. The molecule has 0 aliphatic rings. The van der Waals surface area contributed by atoms with Crippen LogP contribution in [0.3, 0.4) is 0 Å². The first-order valence-electron chi connectivity index (χ1n) is 6.63. The number of ether oxygens (including phenoxy) is 1. The second-order valence-electron chi connectivity index (χ2n) is 4.56. The summed E-state index contributed by atoms with van der Waals surface area (Å²) >= 11 is 0. The van der Waals surface area contributed by atoms with Crippen LogP contribution in [0.4, 0.5) is 0 Å². The first-order chi connectivity index (χ1) is 8.27. The highest BCUT2D eigenvalue weighted by Gasteiger charge is 2.03. The normalized spacial score (nSPS) is 12.4. The maximum absolute atomic E-state index is 5.34. The quantitative estimate of drug-likeness (QED) is 0.745. The van der Waals surface area contributed by atoms with Crippen molar-refractivity contribution >= 4 is 0 Å². The van der Waals surface area contributed by atoms with Crippen molar-refractivity contribution in [2.45, 2.75) is 45.6 Å². The number of methoxy groups -OCH3 is 1. The van der Waals surface area contributed by atoms with Crippen molar-refractivity contribution in [2.75, 3.05) is 13.7 Å². The number of hydrogen-bond donors (Lipinski definition) is 1. The number of hydrogen-bond acceptors (Lipinski definition) is 2.